The molecule has 2 rings (SSSR count). The molecule has 22 heavy (non-hydrogen) atoms. The molecule has 0 saturated carbocycles. The summed E-state index contributed by atoms with van der Waals surface area (Å²) in [6.07, 6.45) is 1.64. The number of aliphatic hydroxyl groups excluding tert-OH is 1. The largest absolute Gasteiger partial charge is 0.394 e. The van der Waals surface area contributed by atoms with Crippen LogP contribution in [-0.2, 0) is 6.54 Å². The number of nitriles is 2. The first-order valence-electron chi connectivity index (χ1n) is 6.35. The highest BCUT2D eigenvalue weighted by atomic mass is 79.9. The van der Waals surface area contributed by atoms with E-state index in [2.05, 4.69) is 21.0 Å². The summed E-state index contributed by atoms with van der Waals surface area (Å²) >= 11 is 3.34. The minimum atomic E-state index is -0.158. The van der Waals surface area contributed by atoms with Crippen LogP contribution in [0, 0.1) is 22.7 Å². The van der Waals surface area contributed by atoms with Crippen LogP contribution in [-0.4, -0.2) is 21.5 Å². The van der Waals surface area contributed by atoms with Gasteiger partial charge in [-0.3, -0.25) is 0 Å². The molecule has 0 bridgehead atoms. The number of hydrogen-bond donors (Lipinski definition) is 2. The van der Waals surface area contributed by atoms with Gasteiger partial charge in [0, 0.05) is 4.47 Å². The van der Waals surface area contributed by atoms with Gasteiger partial charge < -0.3 is 10.8 Å². The number of nitrogens with two attached hydrogens (primary N) is 1. The molecule has 0 aliphatic heterocycles. The Morgan fingerprint density at radius 2 is 2.05 bits per heavy atom. The van der Waals surface area contributed by atoms with Gasteiger partial charge in [-0.1, -0.05) is 28.1 Å². The SMILES string of the molecule is N#C/C(=C/c1ccc(Br)cc1)c1nn(CCO)c(N)c1C#N. The van der Waals surface area contributed by atoms with Gasteiger partial charge in [0.05, 0.1) is 18.7 Å². The molecule has 3 N–H and O–H groups in total. The van der Waals surface area contributed by atoms with Gasteiger partial charge in [0.15, 0.2) is 0 Å². The normalized spacial score (nSPS) is 11.0. The van der Waals surface area contributed by atoms with Crippen LogP contribution in [0.5, 0.6) is 0 Å². The number of hydrogen-bond acceptors (Lipinski definition) is 5. The molecule has 6 nitrogen and oxygen atoms in total. The third-order valence-corrected chi connectivity index (χ3v) is 3.50. The maximum atomic E-state index is 9.37. The third-order valence-electron chi connectivity index (χ3n) is 2.97. The van der Waals surface area contributed by atoms with Crippen molar-refractivity contribution in [2.45, 2.75) is 6.54 Å². The van der Waals surface area contributed by atoms with E-state index in [-0.39, 0.29) is 35.8 Å². The Bertz CT molecular complexity index is 793. The Kier molecular flexibility index (Phi) is 4.95. The second-order valence-electron chi connectivity index (χ2n) is 4.39. The maximum absolute atomic E-state index is 9.37. The highest BCUT2D eigenvalue weighted by molar-refractivity contribution is 9.10. The maximum Gasteiger partial charge on any atom is 0.140 e. The summed E-state index contributed by atoms with van der Waals surface area (Å²) in [5, 5.41) is 31.8. The molecule has 0 unspecified atom stereocenters. The predicted molar refractivity (Wildman–Crippen MR) is 86.1 cm³/mol. The number of aromatic nitrogens is 2. The summed E-state index contributed by atoms with van der Waals surface area (Å²) in [5.74, 6) is 0.142. The first kappa shape index (κ1) is 15.8. The molecule has 0 radical (unpaired) electrons. The first-order chi connectivity index (χ1) is 10.6. The molecule has 0 spiro atoms. The fraction of sp³-hybridized carbons (Fsp3) is 0.133. The topological polar surface area (TPSA) is 112 Å². The molecule has 110 valence electrons. The molecule has 0 fully saturated rings. The van der Waals surface area contributed by atoms with E-state index in [1.54, 1.807) is 6.08 Å². The van der Waals surface area contributed by atoms with Crippen LogP contribution < -0.4 is 5.73 Å². The van der Waals surface area contributed by atoms with Crippen molar-refractivity contribution in [3.63, 3.8) is 0 Å². The summed E-state index contributed by atoms with van der Waals surface area (Å²) in [5.41, 5.74) is 7.23. The molecule has 0 atom stereocenters. The fourth-order valence-electron chi connectivity index (χ4n) is 1.92. The fourth-order valence-corrected chi connectivity index (χ4v) is 2.18. The van der Waals surface area contributed by atoms with Crippen molar-refractivity contribution in [3.05, 3.63) is 45.6 Å². The van der Waals surface area contributed by atoms with E-state index in [1.165, 1.54) is 4.68 Å². The van der Waals surface area contributed by atoms with Gasteiger partial charge in [0.2, 0.25) is 0 Å². The van der Waals surface area contributed by atoms with Crippen LogP contribution in [0.1, 0.15) is 16.8 Å². The third kappa shape index (κ3) is 3.17. The number of benzene rings is 1. The van der Waals surface area contributed by atoms with Crippen LogP contribution >= 0.6 is 15.9 Å². The smallest absolute Gasteiger partial charge is 0.140 e. The number of aliphatic hydroxyl groups is 1. The van der Waals surface area contributed by atoms with E-state index < -0.39 is 0 Å². The number of rotatable bonds is 4. The van der Waals surface area contributed by atoms with Crippen molar-refractivity contribution in [1.29, 1.82) is 10.5 Å². The minimum absolute atomic E-state index is 0.137. The van der Waals surface area contributed by atoms with E-state index in [1.807, 2.05) is 36.4 Å². The molecule has 1 aromatic heterocycles. The van der Waals surface area contributed by atoms with Gasteiger partial charge in [0.1, 0.15) is 29.2 Å². The summed E-state index contributed by atoms with van der Waals surface area (Å²) in [6.45, 7) is 0.00596. The quantitative estimate of drug-likeness (QED) is 0.814. The van der Waals surface area contributed by atoms with Gasteiger partial charge in [-0.2, -0.15) is 15.6 Å². The van der Waals surface area contributed by atoms with Gasteiger partial charge in [-0.15, -0.1) is 0 Å². The molecule has 7 heteroatoms. The summed E-state index contributed by atoms with van der Waals surface area (Å²) < 4.78 is 2.25. The summed E-state index contributed by atoms with van der Waals surface area (Å²) in [4.78, 5) is 0. The molecule has 2 aromatic rings. The van der Waals surface area contributed by atoms with E-state index in [9.17, 15) is 10.5 Å². The lowest BCUT2D eigenvalue weighted by atomic mass is 10.1. The Morgan fingerprint density at radius 1 is 1.36 bits per heavy atom. The standard InChI is InChI=1S/C15H12BrN5O/c16-12-3-1-10(2-4-12)7-11(8-17)14-13(9-18)15(19)21(20-14)5-6-22/h1-4,7,22H,5-6,19H2/b11-7-. The Morgan fingerprint density at radius 3 is 2.59 bits per heavy atom. The molecular weight excluding hydrogens is 346 g/mol. The van der Waals surface area contributed by atoms with Crippen molar-refractivity contribution in [1.82, 2.24) is 9.78 Å². The summed E-state index contributed by atoms with van der Waals surface area (Å²) in [6, 6.07) is 11.4. The zero-order valence-electron chi connectivity index (χ0n) is 11.5. The lowest BCUT2D eigenvalue weighted by Crippen LogP contribution is -2.07. The number of halogens is 1. The van der Waals surface area contributed by atoms with Crippen LogP contribution in [0.15, 0.2) is 28.7 Å². The van der Waals surface area contributed by atoms with Crippen molar-refractivity contribution in [3.8, 4) is 12.1 Å². The van der Waals surface area contributed by atoms with Crippen LogP contribution in [0.4, 0.5) is 5.82 Å². The zero-order valence-corrected chi connectivity index (χ0v) is 13.1. The average molecular weight is 358 g/mol. The van der Waals surface area contributed by atoms with E-state index >= 15 is 0 Å². The Hall–Kier alpha value is -2.61. The van der Waals surface area contributed by atoms with Crippen LogP contribution in [0.25, 0.3) is 11.6 Å². The minimum Gasteiger partial charge on any atom is -0.394 e. The predicted octanol–water partition coefficient (Wildman–Crippen LogP) is 2.16. The monoisotopic (exact) mass is 357 g/mol. The average Bonchev–Trinajstić information content (AvgIpc) is 2.83. The molecule has 0 aliphatic carbocycles. The van der Waals surface area contributed by atoms with Crippen LogP contribution in [0.3, 0.4) is 0 Å². The number of allylic oxidation sites excluding steroid dienone is 1. The molecular formula is C15H12BrN5O. The number of nitrogen functional groups attached to an aromatic ring is 1. The second kappa shape index (κ2) is 6.90. The van der Waals surface area contributed by atoms with E-state index in [0.29, 0.717) is 0 Å². The zero-order chi connectivity index (χ0) is 16.1. The second-order valence-corrected chi connectivity index (χ2v) is 5.30. The number of anilines is 1. The van der Waals surface area contributed by atoms with Crippen molar-refractivity contribution < 1.29 is 5.11 Å². The van der Waals surface area contributed by atoms with E-state index in [0.717, 1.165) is 10.0 Å². The molecule has 0 amide bonds. The Labute approximate surface area is 135 Å². The van der Waals surface area contributed by atoms with Gasteiger partial charge in [-0.25, -0.2) is 4.68 Å². The molecule has 1 aromatic carbocycles. The van der Waals surface area contributed by atoms with Crippen molar-refractivity contribution in [2.75, 3.05) is 12.3 Å². The van der Waals surface area contributed by atoms with E-state index in [4.69, 9.17) is 10.8 Å². The molecule has 0 saturated heterocycles. The lowest BCUT2D eigenvalue weighted by Gasteiger charge is -1.99. The highest BCUT2D eigenvalue weighted by Crippen LogP contribution is 2.25. The molecule has 1 heterocycles. The molecule has 0 aliphatic rings. The number of nitrogens with zero attached hydrogens (tertiary/aromatic N) is 4. The highest BCUT2D eigenvalue weighted by Gasteiger charge is 2.18. The Balaban J connectivity index is 2.52. The lowest BCUT2D eigenvalue weighted by molar-refractivity contribution is 0.270. The van der Waals surface area contributed by atoms with Gasteiger partial charge >= 0.3 is 0 Å². The van der Waals surface area contributed by atoms with Crippen molar-refractivity contribution in [2.24, 2.45) is 0 Å². The van der Waals surface area contributed by atoms with Gasteiger partial charge in [-0.05, 0) is 23.8 Å². The first-order valence-corrected chi connectivity index (χ1v) is 7.15. The van der Waals surface area contributed by atoms with Gasteiger partial charge in [0.25, 0.3) is 0 Å². The summed E-state index contributed by atoms with van der Waals surface area (Å²) in [7, 11) is 0. The van der Waals surface area contributed by atoms with Crippen molar-refractivity contribution >= 4 is 33.4 Å². The van der Waals surface area contributed by atoms with Crippen LogP contribution in [0.2, 0.25) is 0 Å².